The second-order valence-electron chi connectivity index (χ2n) is 5.96. The van der Waals surface area contributed by atoms with Crippen LogP contribution in [0.1, 0.15) is 26.5 Å². The summed E-state index contributed by atoms with van der Waals surface area (Å²) in [5.41, 5.74) is 1.08. The second kappa shape index (κ2) is 6.49. The quantitative estimate of drug-likeness (QED) is 0.542. The van der Waals surface area contributed by atoms with E-state index in [9.17, 15) is 18.8 Å². The number of carbonyl (C=O) groups is 2. The van der Waals surface area contributed by atoms with Gasteiger partial charge in [-0.2, -0.15) is 0 Å². The number of hydrogen-bond acceptors (Lipinski definition) is 4. The molecule has 0 saturated heterocycles. The van der Waals surface area contributed by atoms with E-state index in [-0.39, 0.29) is 23.4 Å². The third kappa shape index (κ3) is 3.08. The standard InChI is InChI=1S/C19H13FN4O3/c20-14-6-11-5-13(10-25)22-15(11)7-12(14)9-21-19(27)16-8-18(26)24-4-2-1-3-17(24)23-16/h1-8,10,22H,9H2,(H,21,27). The number of aldehydes is 1. The number of pyridine rings is 1. The zero-order valence-electron chi connectivity index (χ0n) is 13.9. The molecule has 7 nitrogen and oxygen atoms in total. The van der Waals surface area contributed by atoms with Crippen molar-refractivity contribution in [3.63, 3.8) is 0 Å². The number of aromatic amines is 1. The maximum atomic E-state index is 14.2. The number of halogens is 1. The van der Waals surface area contributed by atoms with Gasteiger partial charge in [0.05, 0.1) is 5.69 Å². The zero-order chi connectivity index (χ0) is 19.0. The Morgan fingerprint density at radius 3 is 2.93 bits per heavy atom. The number of rotatable bonds is 4. The van der Waals surface area contributed by atoms with Crippen LogP contribution in [0.5, 0.6) is 0 Å². The van der Waals surface area contributed by atoms with E-state index in [4.69, 9.17) is 0 Å². The van der Waals surface area contributed by atoms with Gasteiger partial charge in [0, 0.05) is 35.3 Å². The first-order chi connectivity index (χ1) is 13.0. The number of hydrogen-bond donors (Lipinski definition) is 2. The summed E-state index contributed by atoms with van der Waals surface area (Å²) in [5, 5.41) is 3.12. The number of benzene rings is 1. The van der Waals surface area contributed by atoms with Gasteiger partial charge in [-0.15, -0.1) is 0 Å². The molecule has 4 aromatic rings. The summed E-state index contributed by atoms with van der Waals surface area (Å²) in [6, 6.07) is 10.5. The Morgan fingerprint density at radius 2 is 2.11 bits per heavy atom. The van der Waals surface area contributed by atoms with Crippen molar-refractivity contribution in [1.82, 2.24) is 19.7 Å². The monoisotopic (exact) mass is 364 g/mol. The summed E-state index contributed by atoms with van der Waals surface area (Å²) in [6.07, 6.45) is 2.20. The van der Waals surface area contributed by atoms with E-state index >= 15 is 0 Å². The third-order valence-electron chi connectivity index (χ3n) is 4.18. The SMILES string of the molecule is O=Cc1cc2cc(F)c(CNC(=O)c3cc(=O)n4ccccc4n3)cc2[nH]1. The lowest BCUT2D eigenvalue weighted by atomic mass is 10.1. The van der Waals surface area contributed by atoms with Gasteiger partial charge in [-0.3, -0.25) is 18.8 Å². The highest BCUT2D eigenvalue weighted by Gasteiger charge is 2.13. The average molecular weight is 364 g/mol. The van der Waals surface area contributed by atoms with E-state index in [2.05, 4.69) is 15.3 Å². The fraction of sp³-hybridized carbons (Fsp3) is 0.0526. The molecule has 1 amide bonds. The Kier molecular flexibility index (Phi) is 4.00. The zero-order valence-corrected chi connectivity index (χ0v) is 13.9. The number of nitrogens with one attached hydrogen (secondary N) is 2. The first kappa shape index (κ1) is 16.6. The molecule has 0 spiro atoms. The van der Waals surface area contributed by atoms with Gasteiger partial charge in [0.1, 0.15) is 17.2 Å². The number of aromatic nitrogens is 3. The molecule has 0 atom stereocenters. The van der Waals surface area contributed by atoms with Crippen LogP contribution in [0.25, 0.3) is 16.6 Å². The van der Waals surface area contributed by atoms with Gasteiger partial charge < -0.3 is 10.3 Å². The minimum atomic E-state index is -0.585. The van der Waals surface area contributed by atoms with Crippen molar-refractivity contribution >= 4 is 28.7 Å². The van der Waals surface area contributed by atoms with E-state index in [0.29, 0.717) is 28.5 Å². The normalized spacial score (nSPS) is 11.0. The molecule has 0 saturated carbocycles. The van der Waals surface area contributed by atoms with Crippen LogP contribution in [0.3, 0.4) is 0 Å². The maximum absolute atomic E-state index is 14.2. The lowest BCUT2D eigenvalue weighted by Gasteiger charge is -2.07. The lowest BCUT2D eigenvalue weighted by molar-refractivity contribution is 0.0945. The van der Waals surface area contributed by atoms with E-state index in [1.807, 2.05) is 0 Å². The Balaban J connectivity index is 1.59. The Hall–Kier alpha value is -3.81. The van der Waals surface area contributed by atoms with Crippen molar-refractivity contribution in [2.45, 2.75) is 6.54 Å². The van der Waals surface area contributed by atoms with Gasteiger partial charge in [0.2, 0.25) is 0 Å². The molecule has 134 valence electrons. The molecule has 0 aliphatic carbocycles. The van der Waals surface area contributed by atoms with Crippen molar-refractivity contribution in [1.29, 1.82) is 0 Å². The smallest absolute Gasteiger partial charge is 0.270 e. The van der Waals surface area contributed by atoms with E-state index < -0.39 is 11.7 Å². The number of fused-ring (bicyclic) bond motifs is 2. The fourth-order valence-electron chi connectivity index (χ4n) is 2.86. The first-order valence-corrected chi connectivity index (χ1v) is 8.08. The van der Waals surface area contributed by atoms with Gasteiger partial charge in [-0.1, -0.05) is 6.07 Å². The van der Waals surface area contributed by atoms with Gasteiger partial charge in [0.25, 0.3) is 11.5 Å². The average Bonchev–Trinajstić information content (AvgIpc) is 3.07. The summed E-state index contributed by atoms with van der Waals surface area (Å²) in [7, 11) is 0. The maximum Gasteiger partial charge on any atom is 0.270 e. The van der Waals surface area contributed by atoms with Crippen LogP contribution in [-0.2, 0) is 6.54 Å². The molecule has 1 aromatic carbocycles. The molecule has 0 aliphatic rings. The second-order valence-corrected chi connectivity index (χ2v) is 5.96. The molecule has 2 N–H and O–H groups in total. The van der Waals surface area contributed by atoms with Crippen LogP contribution in [0.15, 0.2) is 53.5 Å². The summed E-state index contributed by atoms with van der Waals surface area (Å²) in [6.45, 7) is -0.0914. The summed E-state index contributed by atoms with van der Waals surface area (Å²) in [5.74, 6) is -1.09. The minimum Gasteiger partial charge on any atom is -0.352 e. The van der Waals surface area contributed by atoms with Crippen molar-refractivity contribution in [3.8, 4) is 0 Å². The lowest BCUT2D eigenvalue weighted by Crippen LogP contribution is -2.27. The molecule has 4 rings (SSSR count). The molecular weight excluding hydrogens is 351 g/mol. The minimum absolute atomic E-state index is 0.0456. The van der Waals surface area contributed by atoms with Crippen molar-refractivity contribution < 1.29 is 14.0 Å². The van der Waals surface area contributed by atoms with Crippen LogP contribution in [0, 0.1) is 5.82 Å². The topological polar surface area (TPSA) is 96.3 Å². The van der Waals surface area contributed by atoms with Crippen LogP contribution < -0.4 is 10.9 Å². The Morgan fingerprint density at radius 1 is 1.26 bits per heavy atom. The molecule has 3 aromatic heterocycles. The molecule has 0 bridgehead atoms. The number of carbonyl (C=O) groups excluding carboxylic acids is 2. The molecule has 0 radical (unpaired) electrons. The largest absolute Gasteiger partial charge is 0.352 e. The van der Waals surface area contributed by atoms with E-state index in [1.54, 1.807) is 30.5 Å². The van der Waals surface area contributed by atoms with Crippen molar-refractivity contribution in [3.05, 3.63) is 81.8 Å². The van der Waals surface area contributed by atoms with Crippen molar-refractivity contribution in [2.24, 2.45) is 0 Å². The molecular formula is C19H13FN4O3. The molecule has 8 heteroatoms. The number of nitrogens with zero attached hydrogens (tertiary/aromatic N) is 2. The van der Waals surface area contributed by atoms with E-state index in [0.717, 1.165) is 6.07 Å². The van der Waals surface area contributed by atoms with Crippen LogP contribution in [0.2, 0.25) is 0 Å². The van der Waals surface area contributed by atoms with Gasteiger partial charge in [0.15, 0.2) is 6.29 Å². The summed E-state index contributed by atoms with van der Waals surface area (Å²) >= 11 is 0. The third-order valence-corrected chi connectivity index (χ3v) is 4.18. The van der Waals surface area contributed by atoms with Crippen LogP contribution >= 0.6 is 0 Å². The predicted molar refractivity (Wildman–Crippen MR) is 96.3 cm³/mol. The highest BCUT2D eigenvalue weighted by Crippen LogP contribution is 2.19. The Labute approximate surface area is 151 Å². The van der Waals surface area contributed by atoms with Crippen molar-refractivity contribution in [2.75, 3.05) is 0 Å². The molecule has 3 heterocycles. The summed E-state index contributed by atoms with van der Waals surface area (Å²) in [4.78, 5) is 42.2. The molecule has 0 fully saturated rings. The summed E-state index contributed by atoms with van der Waals surface area (Å²) < 4.78 is 15.6. The molecule has 0 aliphatic heterocycles. The molecule has 27 heavy (non-hydrogen) atoms. The fourth-order valence-corrected chi connectivity index (χ4v) is 2.86. The Bertz CT molecular complexity index is 1260. The number of amides is 1. The van der Waals surface area contributed by atoms with Crippen LogP contribution in [0.4, 0.5) is 4.39 Å². The van der Waals surface area contributed by atoms with Gasteiger partial charge in [-0.05, 0) is 30.3 Å². The number of H-pyrrole nitrogens is 1. The molecule has 0 unspecified atom stereocenters. The van der Waals surface area contributed by atoms with Gasteiger partial charge in [-0.25, -0.2) is 9.37 Å². The first-order valence-electron chi connectivity index (χ1n) is 8.08. The highest BCUT2D eigenvalue weighted by atomic mass is 19.1. The van der Waals surface area contributed by atoms with E-state index in [1.165, 1.54) is 16.5 Å². The van der Waals surface area contributed by atoms with Gasteiger partial charge >= 0.3 is 0 Å². The highest BCUT2D eigenvalue weighted by molar-refractivity contribution is 5.93. The van der Waals surface area contributed by atoms with Crippen LogP contribution in [-0.4, -0.2) is 26.6 Å². The predicted octanol–water partition coefficient (Wildman–Crippen LogP) is 2.06.